The minimum atomic E-state index is -0.966. The number of H-pyrrole nitrogens is 1. The molecule has 0 aromatic carbocycles. The molecule has 2 heterocycles. The first kappa shape index (κ1) is 16.6. The van der Waals surface area contributed by atoms with Crippen LogP contribution in [0.2, 0.25) is 0 Å². The molecule has 1 N–H and O–H groups in total. The molecule has 0 aliphatic rings. The van der Waals surface area contributed by atoms with Gasteiger partial charge in [0.2, 0.25) is 5.78 Å². The van der Waals surface area contributed by atoms with Crippen molar-refractivity contribution in [3.05, 3.63) is 52.6 Å². The van der Waals surface area contributed by atoms with Crippen molar-refractivity contribution in [1.29, 1.82) is 0 Å². The van der Waals surface area contributed by atoms with Gasteiger partial charge in [-0.05, 0) is 45.4 Å². The van der Waals surface area contributed by atoms with E-state index in [-0.39, 0.29) is 11.6 Å². The molecule has 0 aliphatic carbocycles. The largest absolute Gasteiger partial charge is 0.451 e. The van der Waals surface area contributed by atoms with E-state index in [0.29, 0.717) is 28.1 Å². The molecular weight excluding hydrogens is 296 g/mol. The van der Waals surface area contributed by atoms with Crippen LogP contribution in [-0.4, -0.2) is 33.6 Å². The monoisotopic (exact) mass is 314 g/mol. The number of rotatable bonds is 5. The van der Waals surface area contributed by atoms with E-state index in [0.717, 1.165) is 0 Å². The smallest absolute Gasteiger partial charge is 0.338 e. The Morgan fingerprint density at radius 1 is 1.17 bits per heavy atom. The maximum Gasteiger partial charge on any atom is 0.338 e. The summed E-state index contributed by atoms with van der Waals surface area (Å²) in [6.07, 6.45) is 1.98. The SMILES string of the molecule is CC(=O)c1c(C)[nH]c(C(=O)[C@H](C)OC(=O)c2ccncc2)c1C. The van der Waals surface area contributed by atoms with E-state index in [1.807, 2.05) is 0 Å². The summed E-state index contributed by atoms with van der Waals surface area (Å²) in [5.74, 6) is -1.08. The topological polar surface area (TPSA) is 89.1 Å². The highest BCUT2D eigenvalue weighted by Crippen LogP contribution is 2.20. The van der Waals surface area contributed by atoms with Gasteiger partial charge in [0.05, 0.1) is 11.3 Å². The Bertz CT molecular complexity index is 762. The molecule has 23 heavy (non-hydrogen) atoms. The van der Waals surface area contributed by atoms with Gasteiger partial charge in [-0.15, -0.1) is 0 Å². The zero-order chi connectivity index (χ0) is 17.1. The van der Waals surface area contributed by atoms with Gasteiger partial charge in [0, 0.05) is 23.7 Å². The molecule has 1 atom stereocenters. The van der Waals surface area contributed by atoms with Gasteiger partial charge in [0.25, 0.3) is 0 Å². The molecule has 0 unspecified atom stereocenters. The maximum absolute atomic E-state index is 12.5. The van der Waals surface area contributed by atoms with Gasteiger partial charge in [-0.2, -0.15) is 0 Å². The number of pyridine rings is 1. The Balaban J connectivity index is 2.19. The number of carbonyl (C=O) groups is 3. The summed E-state index contributed by atoms with van der Waals surface area (Å²) in [6, 6.07) is 3.02. The molecule has 120 valence electrons. The highest BCUT2D eigenvalue weighted by molar-refractivity contribution is 6.05. The number of nitrogens with one attached hydrogen (secondary N) is 1. The molecule has 0 saturated carbocycles. The second-order valence-corrected chi connectivity index (χ2v) is 5.33. The molecule has 0 fully saturated rings. The lowest BCUT2D eigenvalue weighted by molar-refractivity contribution is 0.0317. The van der Waals surface area contributed by atoms with Crippen LogP contribution >= 0.6 is 0 Å². The van der Waals surface area contributed by atoms with Crippen LogP contribution in [0.4, 0.5) is 0 Å². The lowest BCUT2D eigenvalue weighted by Crippen LogP contribution is -2.25. The first-order valence-electron chi connectivity index (χ1n) is 7.18. The molecule has 0 spiro atoms. The molecular formula is C17H18N2O4. The highest BCUT2D eigenvalue weighted by Gasteiger charge is 2.26. The summed E-state index contributed by atoms with van der Waals surface area (Å²) in [4.78, 5) is 42.8. The standard InChI is InChI=1S/C17H18N2O4/c1-9-14(11(3)20)10(2)19-15(9)16(21)12(4)23-17(22)13-5-7-18-8-6-13/h5-8,12,19H,1-4H3/t12-/m0/s1. The quantitative estimate of drug-likeness (QED) is 0.677. The Kier molecular flexibility index (Phi) is 4.74. The van der Waals surface area contributed by atoms with Gasteiger partial charge < -0.3 is 9.72 Å². The number of Topliss-reactive ketones (excluding diaryl/α,β-unsaturated/α-hetero) is 2. The first-order chi connectivity index (χ1) is 10.8. The molecule has 0 saturated heterocycles. The predicted molar refractivity (Wildman–Crippen MR) is 83.7 cm³/mol. The third-order valence-corrected chi connectivity index (χ3v) is 3.61. The molecule has 2 aromatic heterocycles. The second kappa shape index (κ2) is 6.56. The molecule has 0 radical (unpaired) electrons. The average Bonchev–Trinajstić information content (AvgIpc) is 2.82. The molecule has 6 nitrogen and oxygen atoms in total. The summed E-state index contributed by atoms with van der Waals surface area (Å²) in [5, 5.41) is 0. The van der Waals surface area contributed by atoms with Crippen LogP contribution in [0.3, 0.4) is 0 Å². The van der Waals surface area contributed by atoms with Crippen LogP contribution in [0, 0.1) is 13.8 Å². The number of ketones is 2. The zero-order valence-electron chi connectivity index (χ0n) is 13.5. The molecule has 0 aliphatic heterocycles. The van der Waals surface area contributed by atoms with E-state index < -0.39 is 12.1 Å². The summed E-state index contributed by atoms with van der Waals surface area (Å²) >= 11 is 0. The van der Waals surface area contributed by atoms with Gasteiger partial charge in [-0.1, -0.05) is 0 Å². The Hall–Kier alpha value is -2.76. The van der Waals surface area contributed by atoms with E-state index >= 15 is 0 Å². The van der Waals surface area contributed by atoms with Crippen molar-refractivity contribution in [3.8, 4) is 0 Å². The number of ether oxygens (including phenoxy) is 1. The number of hydrogen-bond acceptors (Lipinski definition) is 5. The van der Waals surface area contributed by atoms with Crippen LogP contribution in [0.1, 0.15) is 56.3 Å². The molecule has 0 amide bonds. The average molecular weight is 314 g/mol. The van der Waals surface area contributed by atoms with E-state index in [2.05, 4.69) is 9.97 Å². The number of carbonyl (C=O) groups excluding carboxylic acids is 3. The number of nitrogens with zero attached hydrogens (tertiary/aromatic N) is 1. The van der Waals surface area contributed by atoms with Gasteiger partial charge in [0.1, 0.15) is 0 Å². The zero-order valence-corrected chi connectivity index (χ0v) is 13.5. The van der Waals surface area contributed by atoms with E-state index in [1.165, 1.54) is 38.4 Å². The number of hydrogen-bond donors (Lipinski definition) is 1. The minimum Gasteiger partial charge on any atom is -0.451 e. The van der Waals surface area contributed by atoms with Crippen molar-refractivity contribution >= 4 is 17.5 Å². The number of esters is 1. The fourth-order valence-electron chi connectivity index (χ4n) is 2.50. The van der Waals surface area contributed by atoms with Crippen molar-refractivity contribution in [1.82, 2.24) is 9.97 Å². The van der Waals surface area contributed by atoms with E-state index in [1.54, 1.807) is 13.8 Å². The first-order valence-corrected chi connectivity index (χ1v) is 7.18. The molecule has 0 bridgehead atoms. The number of aromatic amines is 1. The van der Waals surface area contributed by atoms with Gasteiger partial charge >= 0.3 is 5.97 Å². The maximum atomic E-state index is 12.5. The normalized spacial score (nSPS) is 11.8. The Morgan fingerprint density at radius 2 is 1.78 bits per heavy atom. The third kappa shape index (κ3) is 3.36. The Labute approximate surface area is 133 Å². The summed E-state index contributed by atoms with van der Waals surface area (Å²) in [5.41, 5.74) is 2.32. The minimum absolute atomic E-state index is 0.114. The lowest BCUT2D eigenvalue weighted by Gasteiger charge is -2.12. The van der Waals surface area contributed by atoms with Crippen LogP contribution in [0.25, 0.3) is 0 Å². The molecule has 6 heteroatoms. The van der Waals surface area contributed by atoms with Crippen molar-refractivity contribution < 1.29 is 19.1 Å². The van der Waals surface area contributed by atoms with Crippen LogP contribution < -0.4 is 0 Å². The van der Waals surface area contributed by atoms with Crippen molar-refractivity contribution in [2.45, 2.75) is 33.8 Å². The van der Waals surface area contributed by atoms with Gasteiger partial charge in [0.15, 0.2) is 11.9 Å². The summed E-state index contributed by atoms with van der Waals surface area (Å²) in [7, 11) is 0. The fraction of sp³-hybridized carbons (Fsp3) is 0.294. The van der Waals surface area contributed by atoms with Crippen LogP contribution in [0.15, 0.2) is 24.5 Å². The van der Waals surface area contributed by atoms with Crippen molar-refractivity contribution in [2.75, 3.05) is 0 Å². The second-order valence-electron chi connectivity index (χ2n) is 5.33. The number of aromatic nitrogens is 2. The van der Waals surface area contributed by atoms with E-state index in [9.17, 15) is 14.4 Å². The highest BCUT2D eigenvalue weighted by atomic mass is 16.5. The molecule has 2 aromatic rings. The van der Waals surface area contributed by atoms with Crippen LogP contribution in [-0.2, 0) is 4.74 Å². The van der Waals surface area contributed by atoms with Gasteiger partial charge in [-0.3, -0.25) is 14.6 Å². The third-order valence-electron chi connectivity index (χ3n) is 3.61. The van der Waals surface area contributed by atoms with Crippen molar-refractivity contribution in [2.24, 2.45) is 0 Å². The summed E-state index contributed by atoms with van der Waals surface area (Å²) in [6.45, 7) is 6.38. The Morgan fingerprint density at radius 3 is 2.30 bits per heavy atom. The number of aryl methyl sites for hydroxylation is 1. The lowest BCUT2D eigenvalue weighted by atomic mass is 10.0. The fourth-order valence-corrected chi connectivity index (χ4v) is 2.50. The van der Waals surface area contributed by atoms with Crippen LogP contribution in [0.5, 0.6) is 0 Å². The van der Waals surface area contributed by atoms with Gasteiger partial charge in [-0.25, -0.2) is 4.79 Å². The van der Waals surface area contributed by atoms with Crippen molar-refractivity contribution in [3.63, 3.8) is 0 Å². The predicted octanol–water partition coefficient (Wildman–Crippen LogP) is 2.66. The summed E-state index contributed by atoms with van der Waals surface area (Å²) < 4.78 is 5.20. The molecule has 2 rings (SSSR count). The van der Waals surface area contributed by atoms with E-state index in [4.69, 9.17) is 4.74 Å².